The van der Waals surface area contributed by atoms with Crippen molar-refractivity contribution in [3.05, 3.63) is 72.0 Å². The first-order valence-electron chi connectivity index (χ1n) is 9.46. The highest BCUT2D eigenvalue weighted by Gasteiger charge is 2.22. The van der Waals surface area contributed by atoms with E-state index in [1.807, 2.05) is 54.8 Å². The lowest BCUT2D eigenvalue weighted by Crippen LogP contribution is -2.20. The molecule has 0 aliphatic carbocycles. The first-order chi connectivity index (χ1) is 14.4. The van der Waals surface area contributed by atoms with Gasteiger partial charge in [0.15, 0.2) is 16.7 Å². The molecule has 1 unspecified atom stereocenters. The minimum Gasteiger partial charge on any atom is -0.453 e. The smallest absolute Gasteiger partial charge is 0.208 e. The second kappa shape index (κ2) is 8.41. The second-order valence-corrected chi connectivity index (χ2v) is 8.10. The number of rotatable bonds is 7. The number of hydrogen-bond acceptors (Lipinski definition) is 6. The number of para-hydroxylation sites is 1. The number of carbonyl (C=O) groups excluding carboxylic acids is 1. The Morgan fingerprint density at radius 3 is 2.60 bits per heavy atom. The third-order valence-corrected chi connectivity index (χ3v) is 5.85. The van der Waals surface area contributed by atoms with Crippen molar-refractivity contribution in [2.24, 2.45) is 0 Å². The minimum absolute atomic E-state index is 0.0250. The molecule has 0 aliphatic rings. The Hall–Kier alpha value is -2.97. The number of benzene rings is 2. The molecule has 154 valence electrons. The van der Waals surface area contributed by atoms with Gasteiger partial charge in [-0.3, -0.25) is 14.3 Å². The lowest BCUT2D eigenvalue weighted by Gasteiger charge is -2.20. The van der Waals surface area contributed by atoms with Gasteiger partial charge in [0.25, 0.3) is 0 Å². The summed E-state index contributed by atoms with van der Waals surface area (Å²) in [6, 6.07) is 15.4. The van der Waals surface area contributed by atoms with Gasteiger partial charge in [0.05, 0.1) is 11.8 Å². The van der Waals surface area contributed by atoms with Crippen molar-refractivity contribution in [2.45, 2.75) is 18.1 Å². The van der Waals surface area contributed by atoms with Gasteiger partial charge >= 0.3 is 0 Å². The monoisotopic (exact) mass is 424 g/mol. The van der Waals surface area contributed by atoms with E-state index >= 15 is 0 Å². The summed E-state index contributed by atoms with van der Waals surface area (Å²) in [5, 5.41) is 10.1. The van der Waals surface area contributed by atoms with Gasteiger partial charge in [-0.25, -0.2) is 4.39 Å². The van der Waals surface area contributed by atoms with Gasteiger partial charge in [-0.15, -0.1) is 10.2 Å². The second-order valence-electron chi connectivity index (χ2n) is 7.15. The number of aromatic nitrogens is 3. The third-order valence-electron chi connectivity index (χ3n) is 4.92. The number of halogens is 1. The molecule has 4 aromatic rings. The molecule has 0 bridgehead atoms. The van der Waals surface area contributed by atoms with Crippen LogP contribution in [0.3, 0.4) is 0 Å². The van der Waals surface area contributed by atoms with Crippen LogP contribution in [0, 0.1) is 5.82 Å². The molecule has 0 fully saturated rings. The number of carbonyl (C=O) groups is 1. The molecular formula is C22H21FN4O2S. The number of nitrogens with zero attached hydrogens (tertiary/aromatic N) is 4. The average Bonchev–Trinajstić information content (AvgIpc) is 3.36. The van der Waals surface area contributed by atoms with Crippen LogP contribution in [0.15, 0.2) is 64.2 Å². The maximum Gasteiger partial charge on any atom is 0.208 e. The maximum absolute atomic E-state index is 13.4. The molecule has 0 saturated heterocycles. The molecule has 2 aromatic heterocycles. The Labute approximate surface area is 177 Å². The van der Waals surface area contributed by atoms with Crippen molar-refractivity contribution in [1.82, 2.24) is 19.7 Å². The molecule has 1 atom stereocenters. The number of hydrogen-bond donors (Lipinski definition) is 0. The Morgan fingerprint density at radius 1 is 1.17 bits per heavy atom. The van der Waals surface area contributed by atoms with Crippen LogP contribution in [0.25, 0.3) is 16.7 Å². The van der Waals surface area contributed by atoms with Crippen LogP contribution in [-0.4, -0.2) is 45.3 Å². The van der Waals surface area contributed by atoms with Crippen molar-refractivity contribution in [3.63, 3.8) is 0 Å². The van der Waals surface area contributed by atoms with Crippen molar-refractivity contribution in [1.29, 1.82) is 0 Å². The molecule has 0 N–H and O–H groups in total. The van der Waals surface area contributed by atoms with Gasteiger partial charge < -0.3 is 4.42 Å². The van der Waals surface area contributed by atoms with E-state index in [4.69, 9.17) is 4.42 Å². The largest absolute Gasteiger partial charge is 0.453 e. The molecule has 0 aliphatic heterocycles. The summed E-state index contributed by atoms with van der Waals surface area (Å²) in [4.78, 5) is 14.7. The standard InChI is InChI=1S/C22H21FN4O2S/c1-14(26(2)3)21-24-25-22(27(21)17-10-8-16(23)9-11-17)30-13-18(28)20-12-15-6-4-5-7-19(15)29-20/h4-12,14H,13H2,1-3H3. The molecule has 6 nitrogen and oxygen atoms in total. The van der Waals surface area contributed by atoms with Crippen molar-refractivity contribution >= 4 is 28.5 Å². The molecular weight excluding hydrogens is 403 g/mol. The fraction of sp³-hybridized carbons (Fsp3) is 0.227. The SMILES string of the molecule is CC(c1nnc(SCC(=O)c2cc3ccccc3o2)n1-c1ccc(F)cc1)N(C)C. The molecule has 0 saturated carbocycles. The van der Waals surface area contributed by atoms with E-state index in [1.54, 1.807) is 18.2 Å². The summed E-state index contributed by atoms with van der Waals surface area (Å²) in [5.74, 6) is 0.731. The molecule has 0 radical (unpaired) electrons. The maximum atomic E-state index is 13.4. The van der Waals surface area contributed by atoms with Gasteiger partial charge in [0.1, 0.15) is 11.4 Å². The van der Waals surface area contributed by atoms with Crippen LogP contribution < -0.4 is 0 Å². The van der Waals surface area contributed by atoms with Crippen LogP contribution in [0.1, 0.15) is 29.3 Å². The number of furan rings is 1. The Balaban J connectivity index is 1.61. The fourth-order valence-electron chi connectivity index (χ4n) is 3.03. The minimum atomic E-state index is -0.316. The van der Waals surface area contributed by atoms with E-state index in [1.165, 1.54) is 23.9 Å². The van der Waals surface area contributed by atoms with Gasteiger partial charge in [0, 0.05) is 11.1 Å². The molecule has 0 spiro atoms. The molecule has 4 rings (SSSR count). The number of fused-ring (bicyclic) bond motifs is 1. The van der Waals surface area contributed by atoms with Crippen LogP contribution in [0.2, 0.25) is 0 Å². The van der Waals surface area contributed by atoms with Crippen LogP contribution in [0.4, 0.5) is 4.39 Å². The first-order valence-corrected chi connectivity index (χ1v) is 10.4. The lowest BCUT2D eigenvalue weighted by molar-refractivity contribution is 0.0994. The van der Waals surface area contributed by atoms with Crippen LogP contribution in [-0.2, 0) is 0 Å². The first kappa shape index (κ1) is 20.3. The summed E-state index contributed by atoms with van der Waals surface area (Å²) in [6.45, 7) is 2.01. The summed E-state index contributed by atoms with van der Waals surface area (Å²) < 4.78 is 21.0. The van der Waals surface area contributed by atoms with E-state index in [9.17, 15) is 9.18 Å². The molecule has 30 heavy (non-hydrogen) atoms. The summed E-state index contributed by atoms with van der Waals surface area (Å²) in [6.07, 6.45) is 0. The summed E-state index contributed by atoms with van der Waals surface area (Å²) in [7, 11) is 3.90. The van der Waals surface area contributed by atoms with Crippen molar-refractivity contribution < 1.29 is 13.6 Å². The highest BCUT2D eigenvalue weighted by molar-refractivity contribution is 7.99. The molecule has 2 aromatic carbocycles. The number of ketones is 1. The molecule has 8 heteroatoms. The van der Waals surface area contributed by atoms with Crippen molar-refractivity contribution in [2.75, 3.05) is 19.8 Å². The number of Topliss-reactive ketones (excluding diaryl/α,β-unsaturated/α-hetero) is 1. The Kier molecular flexibility index (Phi) is 5.69. The van der Waals surface area contributed by atoms with Gasteiger partial charge in [0.2, 0.25) is 5.78 Å². The highest BCUT2D eigenvalue weighted by atomic mass is 32.2. The van der Waals surface area contributed by atoms with Gasteiger partial charge in [-0.2, -0.15) is 0 Å². The quantitative estimate of drug-likeness (QED) is 0.315. The van der Waals surface area contributed by atoms with Gasteiger partial charge in [-0.1, -0.05) is 30.0 Å². The van der Waals surface area contributed by atoms with Crippen molar-refractivity contribution in [3.8, 4) is 5.69 Å². The summed E-state index contributed by atoms with van der Waals surface area (Å²) in [5.41, 5.74) is 1.42. The summed E-state index contributed by atoms with van der Waals surface area (Å²) >= 11 is 1.28. The Bertz CT molecular complexity index is 1150. The normalized spacial score (nSPS) is 12.6. The highest BCUT2D eigenvalue weighted by Crippen LogP contribution is 2.28. The van der Waals surface area contributed by atoms with E-state index < -0.39 is 0 Å². The molecule has 0 amide bonds. The zero-order chi connectivity index (χ0) is 21.3. The fourth-order valence-corrected chi connectivity index (χ4v) is 3.86. The zero-order valence-electron chi connectivity index (χ0n) is 16.9. The average molecular weight is 425 g/mol. The van der Waals surface area contributed by atoms with Crippen LogP contribution in [0.5, 0.6) is 0 Å². The lowest BCUT2D eigenvalue weighted by atomic mass is 10.2. The van der Waals surface area contributed by atoms with E-state index in [-0.39, 0.29) is 23.4 Å². The topological polar surface area (TPSA) is 64.2 Å². The zero-order valence-corrected chi connectivity index (χ0v) is 17.7. The predicted molar refractivity (Wildman–Crippen MR) is 115 cm³/mol. The Morgan fingerprint density at radius 2 is 1.90 bits per heavy atom. The van der Waals surface area contributed by atoms with Gasteiger partial charge in [-0.05, 0) is 57.4 Å². The predicted octanol–water partition coefficient (Wildman–Crippen LogP) is 4.75. The third kappa shape index (κ3) is 4.01. The molecule has 2 heterocycles. The van der Waals surface area contributed by atoms with Crippen LogP contribution >= 0.6 is 11.8 Å². The van der Waals surface area contributed by atoms with E-state index in [0.717, 1.165) is 11.1 Å². The van der Waals surface area contributed by atoms with E-state index in [2.05, 4.69) is 10.2 Å². The number of thioether (sulfide) groups is 1. The van der Waals surface area contributed by atoms with E-state index in [0.29, 0.717) is 22.3 Å².